The van der Waals surface area contributed by atoms with Gasteiger partial charge in [-0.2, -0.15) is 0 Å². The van der Waals surface area contributed by atoms with Gasteiger partial charge in [-0.3, -0.25) is 0 Å². The van der Waals surface area contributed by atoms with Gasteiger partial charge in [0.25, 0.3) is 0 Å². The smallest absolute Gasteiger partial charge is 0.229 e. The predicted molar refractivity (Wildman–Crippen MR) is 117 cm³/mol. The highest BCUT2D eigenvalue weighted by Crippen LogP contribution is 2.42. The van der Waals surface area contributed by atoms with Crippen molar-refractivity contribution in [1.29, 1.82) is 0 Å². The van der Waals surface area contributed by atoms with Crippen LogP contribution in [0.15, 0.2) is 53.1 Å². The van der Waals surface area contributed by atoms with Gasteiger partial charge >= 0.3 is 0 Å². The second-order valence-corrected chi connectivity index (χ2v) is 8.33. The number of fused-ring (bicyclic) bond motifs is 3. The highest BCUT2D eigenvalue weighted by Gasteiger charge is 2.21. The minimum Gasteiger partial charge on any atom is -0.467 e. The second kappa shape index (κ2) is 7.04. The molecule has 1 saturated carbocycles. The SMILES string of the molecule is [C-]#[N+]c1cc(C2CCCCC2)cc2c1oc1cc(-c3cccc[n+]3C)c(C)cc12. The molecule has 0 spiro atoms. The van der Waals surface area contributed by atoms with Crippen LogP contribution in [0.2, 0.25) is 0 Å². The number of aryl methyl sites for hydroxylation is 2. The number of hydrogen-bond donors (Lipinski definition) is 0. The molecule has 3 nitrogen and oxygen atoms in total. The molecule has 1 aliphatic rings. The van der Waals surface area contributed by atoms with Crippen LogP contribution in [-0.4, -0.2) is 0 Å². The van der Waals surface area contributed by atoms with Crippen LogP contribution in [-0.2, 0) is 7.05 Å². The van der Waals surface area contributed by atoms with E-state index in [1.807, 2.05) is 6.07 Å². The number of pyridine rings is 1. The summed E-state index contributed by atoms with van der Waals surface area (Å²) in [6, 6.07) is 14.9. The Morgan fingerprint density at radius 1 is 1.03 bits per heavy atom. The van der Waals surface area contributed by atoms with Gasteiger partial charge < -0.3 is 4.42 Å². The minimum atomic E-state index is 0.572. The van der Waals surface area contributed by atoms with Gasteiger partial charge in [0, 0.05) is 22.9 Å². The fourth-order valence-corrected chi connectivity index (χ4v) is 4.87. The summed E-state index contributed by atoms with van der Waals surface area (Å²) in [6.45, 7) is 9.87. The average Bonchev–Trinajstić information content (AvgIpc) is 3.11. The standard InChI is InChI=1S/C26H25N2O/c1-17-13-21-22-14-19(18-9-5-4-6-10-18)15-23(27-2)26(22)29-25(21)16-20(17)24-11-7-8-12-28(24)3/h7-8,11-16,18H,4-6,9-10H2,1,3H3/q+1. The summed E-state index contributed by atoms with van der Waals surface area (Å²) in [6.07, 6.45) is 8.43. The van der Waals surface area contributed by atoms with Crippen molar-refractivity contribution >= 4 is 27.6 Å². The fraction of sp³-hybridized carbons (Fsp3) is 0.308. The number of benzene rings is 2. The van der Waals surface area contributed by atoms with Crippen LogP contribution in [0.5, 0.6) is 0 Å². The zero-order valence-electron chi connectivity index (χ0n) is 17.0. The minimum absolute atomic E-state index is 0.572. The van der Waals surface area contributed by atoms with Crippen LogP contribution in [0.3, 0.4) is 0 Å². The molecule has 144 valence electrons. The number of rotatable bonds is 2. The monoisotopic (exact) mass is 381 g/mol. The Bertz CT molecular complexity index is 1270. The predicted octanol–water partition coefficient (Wildman–Crippen LogP) is 6.98. The Labute approximate surface area is 171 Å². The van der Waals surface area contributed by atoms with E-state index < -0.39 is 0 Å². The van der Waals surface area contributed by atoms with Crippen molar-refractivity contribution in [1.82, 2.24) is 0 Å². The van der Waals surface area contributed by atoms with Gasteiger partial charge in [0.15, 0.2) is 6.20 Å². The summed E-state index contributed by atoms with van der Waals surface area (Å²) < 4.78 is 8.38. The lowest BCUT2D eigenvalue weighted by Crippen LogP contribution is -2.30. The van der Waals surface area contributed by atoms with Crippen LogP contribution in [0.4, 0.5) is 5.69 Å². The third-order valence-electron chi connectivity index (χ3n) is 6.45. The topological polar surface area (TPSA) is 21.4 Å². The van der Waals surface area contributed by atoms with Crippen LogP contribution in [0.1, 0.15) is 49.1 Å². The first-order valence-corrected chi connectivity index (χ1v) is 10.5. The molecule has 0 bridgehead atoms. The summed E-state index contributed by atoms with van der Waals surface area (Å²) in [5, 5.41) is 2.20. The summed E-state index contributed by atoms with van der Waals surface area (Å²) in [5.41, 5.74) is 7.07. The van der Waals surface area contributed by atoms with E-state index in [9.17, 15) is 0 Å². The van der Waals surface area contributed by atoms with Crippen LogP contribution < -0.4 is 4.57 Å². The molecular weight excluding hydrogens is 356 g/mol. The average molecular weight is 381 g/mol. The lowest BCUT2D eigenvalue weighted by Gasteiger charge is -2.22. The van der Waals surface area contributed by atoms with E-state index in [0.29, 0.717) is 11.6 Å². The van der Waals surface area contributed by atoms with Crippen LogP contribution >= 0.6 is 0 Å². The van der Waals surface area contributed by atoms with Crippen molar-refractivity contribution < 1.29 is 8.98 Å². The molecule has 1 fully saturated rings. The molecule has 0 unspecified atom stereocenters. The molecule has 0 N–H and O–H groups in total. The fourth-order valence-electron chi connectivity index (χ4n) is 4.87. The summed E-state index contributed by atoms with van der Waals surface area (Å²) >= 11 is 0. The highest BCUT2D eigenvalue weighted by molar-refractivity contribution is 6.10. The molecule has 0 radical (unpaired) electrons. The van der Waals surface area contributed by atoms with Gasteiger partial charge in [0.1, 0.15) is 18.2 Å². The Kier molecular flexibility index (Phi) is 4.36. The quantitative estimate of drug-likeness (QED) is 0.271. The molecule has 3 heteroatoms. The number of hydrogen-bond acceptors (Lipinski definition) is 1. The number of furan rings is 1. The Morgan fingerprint density at radius 2 is 1.86 bits per heavy atom. The zero-order chi connectivity index (χ0) is 20.0. The maximum Gasteiger partial charge on any atom is 0.229 e. The van der Waals surface area contributed by atoms with Crippen LogP contribution in [0, 0.1) is 13.5 Å². The highest BCUT2D eigenvalue weighted by atomic mass is 16.3. The second-order valence-electron chi connectivity index (χ2n) is 8.33. The largest absolute Gasteiger partial charge is 0.467 e. The van der Waals surface area contributed by atoms with Gasteiger partial charge in [-0.15, -0.1) is 0 Å². The van der Waals surface area contributed by atoms with Crippen molar-refractivity contribution in [3.8, 4) is 11.3 Å². The number of nitrogens with zero attached hydrogens (tertiary/aromatic N) is 2. The van der Waals surface area contributed by atoms with Gasteiger partial charge in [-0.1, -0.05) is 24.8 Å². The molecule has 2 aromatic carbocycles. The van der Waals surface area contributed by atoms with Gasteiger partial charge in [-0.05, 0) is 61.6 Å². The van der Waals surface area contributed by atoms with E-state index in [1.165, 1.54) is 43.2 Å². The molecule has 29 heavy (non-hydrogen) atoms. The van der Waals surface area contributed by atoms with Crippen molar-refractivity contribution in [2.45, 2.75) is 44.9 Å². The molecule has 0 amide bonds. The van der Waals surface area contributed by atoms with Crippen molar-refractivity contribution in [2.24, 2.45) is 7.05 Å². The normalized spacial score (nSPS) is 15.1. The lowest BCUT2D eigenvalue weighted by atomic mass is 9.83. The summed E-state index contributed by atoms with van der Waals surface area (Å²) in [7, 11) is 2.06. The van der Waals surface area contributed by atoms with E-state index >= 15 is 0 Å². The van der Waals surface area contributed by atoms with Crippen molar-refractivity contribution in [3.63, 3.8) is 0 Å². The third-order valence-corrected chi connectivity index (χ3v) is 6.45. The zero-order valence-corrected chi connectivity index (χ0v) is 17.0. The van der Waals surface area contributed by atoms with Crippen molar-refractivity contribution in [3.05, 3.63) is 71.2 Å². The maximum atomic E-state index is 7.72. The molecule has 0 saturated heterocycles. The van der Waals surface area contributed by atoms with E-state index in [0.717, 1.165) is 33.2 Å². The molecule has 1 aliphatic carbocycles. The Morgan fingerprint density at radius 3 is 2.62 bits per heavy atom. The van der Waals surface area contributed by atoms with E-state index in [4.69, 9.17) is 11.0 Å². The molecular formula is C26H25N2O+. The lowest BCUT2D eigenvalue weighted by molar-refractivity contribution is -0.660. The molecule has 4 aromatic rings. The van der Waals surface area contributed by atoms with Gasteiger partial charge in [0.05, 0.1) is 12.1 Å². The summed E-state index contributed by atoms with van der Waals surface area (Å²) in [5.74, 6) is 0.572. The first-order valence-electron chi connectivity index (χ1n) is 10.5. The van der Waals surface area contributed by atoms with Gasteiger partial charge in [0.2, 0.25) is 11.4 Å². The van der Waals surface area contributed by atoms with E-state index in [1.54, 1.807) is 0 Å². The van der Waals surface area contributed by atoms with E-state index in [-0.39, 0.29) is 0 Å². The first-order chi connectivity index (χ1) is 14.2. The molecule has 2 aromatic heterocycles. The van der Waals surface area contributed by atoms with E-state index in [2.05, 4.69) is 66.0 Å². The molecule has 2 heterocycles. The maximum absolute atomic E-state index is 7.72. The van der Waals surface area contributed by atoms with Crippen molar-refractivity contribution in [2.75, 3.05) is 0 Å². The third kappa shape index (κ3) is 3.00. The first kappa shape index (κ1) is 17.9. The summed E-state index contributed by atoms with van der Waals surface area (Å²) in [4.78, 5) is 3.82. The number of aromatic nitrogens is 1. The van der Waals surface area contributed by atoms with Crippen LogP contribution in [0.25, 0.3) is 38.0 Å². The Balaban J connectivity index is 1.73. The van der Waals surface area contributed by atoms with Gasteiger partial charge in [-0.25, -0.2) is 9.41 Å². The Hall–Kier alpha value is -3.12. The molecule has 5 rings (SSSR count). The molecule has 0 aliphatic heterocycles. The molecule has 0 atom stereocenters.